The molecular formula is C18H11BrF2N2O2. The van der Waals surface area contributed by atoms with Crippen LogP contribution in [0.2, 0.25) is 0 Å². The molecule has 3 aromatic rings. The third kappa shape index (κ3) is 4.39. The van der Waals surface area contributed by atoms with Crippen LogP contribution in [0, 0.1) is 11.6 Å². The van der Waals surface area contributed by atoms with Gasteiger partial charge in [0.1, 0.15) is 17.4 Å². The van der Waals surface area contributed by atoms with Crippen molar-refractivity contribution in [3.63, 3.8) is 0 Å². The summed E-state index contributed by atoms with van der Waals surface area (Å²) >= 11 is 3.15. The van der Waals surface area contributed by atoms with Crippen LogP contribution in [0.3, 0.4) is 0 Å². The van der Waals surface area contributed by atoms with E-state index < -0.39 is 11.7 Å². The van der Waals surface area contributed by atoms with Gasteiger partial charge in [-0.3, -0.25) is 4.79 Å². The van der Waals surface area contributed by atoms with E-state index in [4.69, 9.17) is 4.74 Å². The van der Waals surface area contributed by atoms with Crippen LogP contribution >= 0.6 is 15.9 Å². The Kier molecular flexibility index (Phi) is 5.04. The lowest BCUT2D eigenvalue weighted by molar-refractivity contribution is 0.102. The summed E-state index contributed by atoms with van der Waals surface area (Å²) in [6.07, 6.45) is 1.42. The van der Waals surface area contributed by atoms with E-state index in [-0.39, 0.29) is 5.82 Å². The average molecular weight is 405 g/mol. The fourth-order valence-electron chi connectivity index (χ4n) is 2.01. The number of ether oxygens (including phenoxy) is 1. The van der Waals surface area contributed by atoms with E-state index >= 15 is 0 Å². The minimum absolute atomic E-state index is 0.299. The van der Waals surface area contributed by atoms with Gasteiger partial charge in [-0.2, -0.15) is 0 Å². The molecule has 0 unspecified atom stereocenters. The zero-order valence-corrected chi connectivity index (χ0v) is 14.3. The van der Waals surface area contributed by atoms with Crippen molar-refractivity contribution in [1.29, 1.82) is 0 Å². The number of pyridine rings is 1. The third-order valence-corrected chi connectivity index (χ3v) is 3.86. The summed E-state index contributed by atoms with van der Waals surface area (Å²) in [6, 6.07) is 12.5. The number of halogens is 3. The maximum atomic E-state index is 13.1. The maximum Gasteiger partial charge on any atom is 0.256 e. The van der Waals surface area contributed by atoms with Crippen molar-refractivity contribution >= 4 is 27.5 Å². The number of nitrogens with zero attached hydrogens (tertiary/aromatic N) is 1. The van der Waals surface area contributed by atoms with Crippen LogP contribution in [-0.2, 0) is 0 Å². The molecule has 0 aliphatic rings. The Balaban J connectivity index is 1.67. The summed E-state index contributed by atoms with van der Waals surface area (Å²) < 4.78 is 31.8. The Morgan fingerprint density at radius 1 is 1.00 bits per heavy atom. The quantitative estimate of drug-likeness (QED) is 0.652. The monoisotopic (exact) mass is 404 g/mol. The highest BCUT2D eigenvalue weighted by molar-refractivity contribution is 9.10. The summed E-state index contributed by atoms with van der Waals surface area (Å²) in [7, 11) is 0. The molecule has 0 spiro atoms. The lowest BCUT2D eigenvalue weighted by Gasteiger charge is -2.08. The van der Waals surface area contributed by atoms with Crippen LogP contribution in [0.25, 0.3) is 0 Å². The molecule has 1 aromatic heterocycles. The fraction of sp³-hybridized carbons (Fsp3) is 0. The molecule has 1 heterocycles. The SMILES string of the molecule is O=C(Nc1ccc(Oc2ccc(F)cc2)nc1)c1ccc(F)cc1Br. The summed E-state index contributed by atoms with van der Waals surface area (Å²) in [5.74, 6) is -0.452. The van der Waals surface area contributed by atoms with Crippen molar-refractivity contribution < 1.29 is 18.3 Å². The van der Waals surface area contributed by atoms with Crippen molar-refractivity contribution in [3.05, 3.63) is 82.5 Å². The lowest BCUT2D eigenvalue weighted by atomic mass is 10.2. The Hall–Kier alpha value is -2.80. The van der Waals surface area contributed by atoms with E-state index in [1.807, 2.05) is 0 Å². The molecular weight excluding hydrogens is 394 g/mol. The first-order valence-electron chi connectivity index (χ1n) is 7.17. The number of rotatable bonds is 4. The van der Waals surface area contributed by atoms with Crippen LogP contribution in [0.15, 0.2) is 65.3 Å². The number of hydrogen-bond acceptors (Lipinski definition) is 3. The van der Waals surface area contributed by atoms with Gasteiger partial charge >= 0.3 is 0 Å². The van der Waals surface area contributed by atoms with Crippen molar-refractivity contribution in [2.45, 2.75) is 0 Å². The number of carbonyl (C=O) groups is 1. The van der Waals surface area contributed by atoms with Gasteiger partial charge in [0.25, 0.3) is 5.91 Å². The maximum absolute atomic E-state index is 13.1. The highest BCUT2D eigenvalue weighted by atomic mass is 79.9. The highest BCUT2D eigenvalue weighted by Gasteiger charge is 2.11. The number of hydrogen-bond donors (Lipinski definition) is 1. The van der Waals surface area contributed by atoms with E-state index in [0.29, 0.717) is 27.4 Å². The van der Waals surface area contributed by atoms with Crippen molar-refractivity contribution in [2.24, 2.45) is 0 Å². The molecule has 2 aromatic carbocycles. The largest absolute Gasteiger partial charge is 0.439 e. The number of carbonyl (C=O) groups excluding carboxylic acids is 1. The molecule has 3 rings (SSSR count). The Morgan fingerprint density at radius 3 is 2.36 bits per heavy atom. The zero-order valence-electron chi connectivity index (χ0n) is 12.7. The molecule has 1 N–H and O–H groups in total. The molecule has 0 radical (unpaired) electrons. The van der Waals surface area contributed by atoms with Crippen molar-refractivity contribution in [1.82, 2.24) is 4.98 Å². The highest BCUT2D eigenvalue weighted by Crippen LogP contribution is 2.22. The molecule has 126 valence electrons. The third-order valence-electron chi connectivity index (χ3n) is 3.21. The standard InChI is InChI=1S/C18H11BrF2N2O2/c19-16-9-12(21)3-7-15(16)18(24)23-13-4-8-17(22-10-13)25-14-5-1-11(20)2-6-14/h1-10H,(H,23,24). The van der Waals surface area contributed by atoms with Gasteiger partial charge in [-0.05, 0) is 64.5 Å². The van der Waals surface area contributed by atoms with E-state index in [1.54, 1.807) is 12.1 Å². The lowest BCUT2D eigenvalue weighted by Crippen LogP contribution is -2.12. The zero-order chi connectivity index (χ0) is 17.8. The number of amides is 1. The minimum atomic E-state index is -0.438. The molecule has 7 heteroatoms. The number of nitrogens with one attached hydrogen (secondary N) is 1. The second kappa shape index (κ2) is 7.40. The molecule has 1 amide bonds. The van der Waals surface area contributed by atoms with Crippen LogP contribution < -0.4 is 10.1 Å². The normalized spacial score (nSPS) is 10.4. The molecule has 0 fully saturated rings. The molecule has 0 aliphatic carbocycles. The van der Waals surface area contributed by atoms with E-state index in [2.05, 4.69) is 26.2 Å². The summed E-state index contributed by atoms with van der Waals surface area (Å²) in [5, 5.41) is 2.66. The Bertz CT molecular complexity index is 900. The summed E-state index contributed by atoms with van der Waals surface area (Å²) in [6.45, 7) is 0. The van der Waals surface area contributed by atoms with Gasteiger partial charge in [0.05, 0.1) is 17.4 Å². The van der Waals surface area contributed by atoms with E-state index in [9.17, 15) is 13.6 Å². The minimum Gasteiger partial charge on any atom is -0.439 e. The molecule has 0 saturated carbocycles. The Morgan fingerprint density at radius 2 is 1.72 bits per heavy atom. The smallest absolute Gasteiger partial charge is 0.256 e. The van der Waals surface area contributed by atoms with Gasteiger partial charge in [-0.1, -0.05) is 0 Å². The molecule has 25 heavy (non-hydrogen) atoms. The first-order valence-corrected chi connectivity index (χ1v) is 7.96. The van der Waals surface area contributed by atoms with Gasteiger partial charge in [0.2, 0.25) is 5.88 Å². The van der Waals surface area contributed by atoms with Crippen LogP contribution in [0.5, 0.6) is 11.6 Å². The molecule has 0 atom stereocenters. The Labute approximate surface area is 150 Å². The average Bonchev–Trinajstić information content (AvgIpc) is 2.58. The first-order chi connectivity index (χ1) is 12.0. The molecule has 0 aliphatic heterocycles. The number of aromatic nitrogens is 1. The van der Waals surface area contributed by atoms with Gasteiger partial charge in [0.15, 0.2) is 0 Å². The topological polar surface area (TPSA) is 51.2 Å². The van der Waals surface area contributed by atoms with Crippen LogP contribution in [-0.4, -0.2) is 10.9 Å². The molecule has 0 saturated heterocycles. The fourth-order valence-corrected chi connectivity index (χ4v) is 2.54. The molecule has 4 nitrogen and oxygen atoms in total. The van der Waals surface area contributed by atoms with Crippen molar-refractivity contribution in [3.8, 4) is 11.6 Å². The predicted molar refractivity (Wildman–Crippen MR) is 92.8 cm³/mol. The second-order valence-electron chi connectivity index (χ2n) is 5.02. The second-order valence-corrected chi connectivity index (χ2v) is 5.87. The van der Waals surface area contributed by atoms with E-state index in [1.165, 1.54) is 48.7 Å². The number of anilines is 1. The predicted octanol–water partition coefficient (Wildman–Crippen LogP) is 5.17. The summed E-state index contributed by atoms with van der Waals surface area (Å²) in [5.41, 5.74) is 0.751. The van der Waals surface area contributed by atoms with E-state index in [0.717, 1.165) is 0 Å². The van der Waals surface area contributed by atoms with Crippen LogP contribution in [0.4, 0.5) is 14.5 Å². The van der Waals surface area contributed by atoms with Crippen LogP contribution in [0.1, 0.15) is 10.4 Å². The van der Waals surface area contributed by atoms with Gasteiger partial charge < -0.3 is 10.1 Å². The first kappa shape index (κ1) is 17.0. The van der Waals surface area contributed by atoms with Crippen molar-refractivity contribution in [2.75, 3.05) is 5.32 Å². The molecule has 0 bridgehead atoms. The summed E-state index contributed by atoms with van der Waals surface area (Å²) in [4.78, 5) is 16.3. The number of benzene rings is 2. The van der Waals surface area contributed by atoms with Gasteiger partial charge in [-0.25, -0.2) is 13.8 Å². The van der Waals surface area contributed by atoms with Gasteiger partial charge in [-0.15, -0.1) is 0 Å². The van der Waals surface area contributed by atoms with Gasteiger partial charge in [0, 0.05) is 10.5 Å².